The number of benzene rings is 2. The Morgan fingerprint density at radius 1 is 1.09 bits per heavy atom. The van der Waals surface area contributed by atoms with E-state index in [0.29, 0.717) is 23.5 Å². The van der Waals surface area contributed by atoms with Gasteiger partial charge in [0.25, 0.3) is 0 Å². The minimum absolute atomic E-state index is 0.0853. The molecule has 6 rings (SSSR count). The average molecular weight is 494 g/mol. The molecule has 4 aliphatic heterocycles. The molecule has 4 aliphatic rings. The number of ketones is 1. The van der Waals surface area contributed by atoms with Crippen LogP contribution in [0.5, 0.6) is 0 Å². The summed E-state index contributed by atoms with van der Waals surface area (Å²) in [6, 6.07) is 11.9. The summed E-state index contributed by atoms with van der Waals surface area (Å²) < 4.78 is 0.819. The first-order valence-corrected chi connectivity index (χ1v) is 11.5. The predicted molar refractivity (Wildman–Crippen MR) is 120 cm³/mol. The van der Waals surface area contributed by atoms with E-state index in [9.17, 15) is 19.2 Å². The summed E-state index contributed by atoms with van der Waals surface area (Å²) in [6.07, 6.45) is 1.65. The molecule has 8 heteroatoms. The molecule has 3 saturated heterocycles. The van der Waals surface area contributed by atoms with Gasteiger partial charge in [-0.1, -0.05) is 15.9 Å². The number of halogens is 1. The van der Waals surface area contributed by atoms with Gasteiger partial charge in [-0.05, 0) is 68.8 Å². The third kappa shape index (κ3) is 2.29. The van der Waals surface area contributed by atoms with Gasteiger partial charge >= 0.3 is 0 Å². The summed E-state index contributed by atoms with van der Waals surface area (Å²) in [7, 11) is 0. The quantitative estimate of drug-likeness (QED) is 0.513. The molecule has 2 aromatic carbocycles. The maximum Gasteiger partial charge on any atom is 0.250 e. The highest BCUT2D eigenvalue weighted by atomic mass is 79.9. The van der Waals surface area contributed by atoms with Gasteiger partial charge in [0, 0.05) is 27.3 Å². The number of imide groups is 1. The monoisotopic (exact) mass is 493 g/mol. The number of carbonyl (C=O) groups excluding carboxylic acids is 4. The number of Topliss-reactive ketones (excluding diaryl/α,β-unsaturated/α-hetero) is 1. The zero-order valence-electron chi connectivity index (χ0n) is 17.3. The second-order valence-electron chi connectivity index (χ2n) is 8.93. The normalized spacial score (nSPS) is 30.6. The van der Waals surface area contributed by atoms with Gasteiger partial charge < -0.3 is 5.32 Å². The number of amides is 3. The lowest BCUT2D eigenvalue weighted by molar-refractivity contribution is -0.135. The summed E-state index contributed by atoms with van der Waals surface area (Å²) in [5, 5.41) is 2.97. The van der Waals surface area contributed by atoms with Crippen molar-refractivity contribution in [2.24, 2.45) is 11.8 Å². The van der Waals surface area contributed by atoms with Gasteiger partial charge in [-0.15, -0.1) is 0 Å². The molecule has 0 unspecified atom stereocenters. The van der Waals surface area contributed by atoms with Crippen LogP contribution >= 0.6 is 15.9 Å². The molecule has 2 aromatic rings. The largest absolute Gasteiger partial charge is 0.324 e. The Hall–Kier alpha value is -2.84. The number of nitrogens with one attached hydrogen (secondary N) is 1. The molecule has 7 nitrogen and oxygen atoms in total. The molecule has 0 saturated carbocycles. The number of nitrogens with zero attached hydrogens (tertiary/aromatic N) is 2. The molecule has 4 atom stereocenters. The number of carbonyl (C=O) groups is 4. The fourth-order valence-electron chi connectivity index (χ4n) is 6.27. The van der Waals surface area contributed by atoms with Gasteiger partial charge in [0.2, 0.25) is 17.7 Å². The zero-order chi connectivity index (χ0) is 22.4. The van der Waals surface area contributed by atoms with Crippen molar-refractivity contribution in [1.29, 1.82) is 0 Å². The maximum absolute atomic E-state index is 13.9. The summed E-state index contributed by atoms with van der Waals surface area (Å²) >= 11 is 3.51. The first kappa shape index (κ1) is 19.8. The zero-order valence-corrected chi connectivity index (χ0v) is 18.9. The third-order valence-electron chi connectivity index (χ3n) is 7.49. The molecule has 0 radical (unpaired) electrons. The van der Waals surface area contributed by atoms with E-state index in [1.165, 1.54) is 11.8 Å². The van der Waals surface area contributed by atoms with Crippen molar-refractivity contribution >= 4 is 50.8 Å². The van der Waals surface area contributed by atoms with Crippen molar-refractivity contribution in [3.05, 3.63) is 58.1 Å². The highest BCUT2D eigenvalue weighted by Gasteiger charge is 2.74. The summed E-state index contributed by atoms with van der Waals surface area (Å²) in [6.45, 7) is 2.14. The molecule has 0 aliphatic carbocycles. The molecular weight excluding hydrogens is 474 g/mol. The number of hydrogen-bond acceptors (Lipinski definition) is 5. The molecule has 3 amide bonds. The van der Waals surface area contributed by atoms with E-state index < -0.39 is 17.4 Å². The van der Waals surface area contributed by atoms with Crippen molar-refractivity contribution in [3.8, 4) is 0 Å². The Morgan fingerprint density at radius 3 is 2.56 bits per heavy atom. The standard InChI is InChI=1S/C24H20BrN3O4/c1-12(29)13-4-7-15(8-5-13)28-21(30)19-18-3-2-10-27(18)24(20(19)22(28)31)16-11-14(25)6-9-17(16)26-23(24)32/h4-9,11,18-20H,2-3,10H2,1H3,(H,26,32)/t18-,19+,20+,24-/m1/s1. The maximum atomic E-state index is 13.9. The topological polar surface area (TPSA) is 86.8 Å². The fourth-order valence-corrected chi connectivity index (χ4v) is 6.64. The second kappa shape index (κ2) is 6.59. The SMILES string of the molecule is CC(=O)c1ccc(N2C(=O)[C@H]3[C@H]4CCCN4[C@@]4(C(=O)Nc5ccc(Br)cc54)[C@@H]3C2=O)cc1. The van der Waals surface area contributed by atoms with E-state index in [0.717, 1.165) is 22.9 Å². The minimum Gasteiger partial charge on any atom is -0.324 e. The Morgan fingerprint density at radius 2 is 1.84 bits per heavy atom. The average Bonchev–Trinajstić information content (AvgIpc) is 3.47. The Bertz CT molecular complexity index is 1230. The first-order chi connectivity index (χ1) is 15.4. The first-order valence-electron chi connectivity index (χ1n) is 10.7. The van der Waals surface area contributed by atoms with Crippen LogP contribution in [0.2, 0.25) is 0 Å². The third-order valence-corrected chi connectivity index (χ3v) is 7.98. The highest BCUT2D eigenvalue weighted by Crippen LogP contribution is 2.60. The molecule has 0 aromatic heterocycles. The van der Waals surface area contributed by atoms with E-state index in [1.807, 2.05) is 18.2 Å². The van der Waals surface area contributed by atoms with Crippen LogP contribution in [0.25, 0.3) is 0 Å². The van der Waals surface area contributed by atoms with Gasteiger partial charge in [-0.3, -0.25) is 24.1 Å². The number of hydrogen-bond donors (Lipinski definition) is 1. The fraction of sp³-hybridized carbons (Fsp3) is 0.333. The van der Waals surface area contributed by atoms with Crippen molar-refractivity contribution in [2.45, 2.75) is 31.3 Å². The van der Waals surface area contributed by atoms with Gasteiger partial charge in [0.15, 0.2) is 5.78 Å². The van der Waals surface area contributed by atoms with Gasteiger partial charge in [0.05, 0.1) is 17.5 Å². The molecule has 1 spiro atoms. The van der Waals surface area contributed by atoms with Crippen molar-refractivity contribution in [3.63, 3.8) is 0 Å². The Labute approximate surface area is 192 Å². The molecule has 0 bridgehead atoms. The van der Waals surface area contributed by atoms with Crippen LogP contribution in [0.1, 0.15) is 35.7 Å². The van der Waals surface area contributed by atoms with E-state index >= 15 is 0 Å². The van der Waals surface area contributed by atoms with Gasteiger partial charge in [0.1, 0.15) is 5.54 Å². The van der Waals surface area contributed by atoms with Gasteiger partial charge in [-0.2, -0.15) is 0 Å². The van der Waals surface area contributed by atoms with Crippen molar-refractivity contribution < 1.29 is 19.2 Å². The van der Waals surface area contributed by atoms with E-state index in [4.69, 9.17) is 0 Å². The van der Waals surface area contributed by atoms with Gasteiger partial charge in [-0.25, -0.2) is 4.90 Å². The molecule has 4 heterocycles. The van der Waals surface area contributed by atoms with Crippen molar-refractivity contribution in [1.82, 2.24) is 4.90 Å². The van der Waals surface area contributed by atoms with E-state index in [1.54, 1.807) is 24.3 Å². The lowest BCUT2D eigenvalue weighted by Crippen LogP contribution is -2.54. The number of anilines is 2. The van der Waals surface area contributed by atoms with Crippen LogP contribution in [0.15, 0.2) is 46.9 Å². The lowest BCUT2D eigenvalue weighted by Gasteiger charge is -2.36. The van der Waals surface area contributed by atoms with E-state index in [2.05, 4.69) is 26.1 Å². The van der Waals surface area contributed by atoms with Crippen molar-refractivity contribution in [2.75, 3.05) is 16.8 Å². The summed E-state index contributed by atoms with van der Waals surface area (Å²) in [5.74, 6) is -2.30. The second-order valence-corrected chi connectivity index (χ2v) is 9.85. The molecule has 1 N–H and O–H groups in total. The Kier molecular flexibility index (Phi) is 4.08. The summed E-state index contributed by atoms with van der Waals surface area (Å²) in [5.41, 5.74) is 1.21. The van der Waals surface area contributed by atoms with Crippen LogP contribution in [-0.4, -0.2) is 41.0 Å². The van der Waals surface area contributed by atoms with Crippen LogP contribution in [0, 0.1) is 11.8 Å². The summed E-state index contributed by atoms with van der Waals surface area (Å²) in [4.78, 5) is 56.1. The van der Waals surface area contributed by atoms with Crippen LogP contribution in [-0.2, 0) is 19.9 Å². The highest BCUT2D eigenvalue weighted by molar-refractivity contribution is 9.10. The predicted octanol–water partition coefficient (Wildman–Crippen LogP) is 3.08. The smallest absolute Gasteiger partial charge is 0.250 e. The van der Waals surface area contributed by atoms with Crippen LogP contribution in [0.3, 0.4) is 0 Å². The van der Waals surface area contributed by atoms with E-state index in [-0.39, 0.29) is 29.5 Å². The number of fused-ring (bicyclic) bond motifs is 7. The molecule has 3 fully saturated rings. The minimum atomic E-state index is -1.19. The molecule has 162 valence electrons. The number of rotatable bonds is 2. The van der Waals surface area contributed by atoms with Crippen LogP contribution < -0.4 is 10.2 Å². The Balaban J connectivity index is 1.51. The van der Waals surface area contributed by atoms with Crippen LogP contribution in [0.4, 0.5) is 11.4 Å². The molecular formula is C24H20BrN3O4. The lowest BCUT2D eigenvalue weighted by atomic mass is 9.75. The molecule has 32 heavy (non-hydrogen) atoms.